The standard InChI is InChI=1S/C12H18N2O3S/c1-2-17-10-3-5-14(6-4-10)7-9-8-18-11(13-9)12(15)16/h8,10H,2-7H2,1H3,(H,15,16). The monoisotopic (exact) mass is 270 g/mol. The fourth-order valence-corrected chi connectivity index (χ4v) is 2.82. The van der Waals surface area contributed by atoms with Gasteiger partial charge in [-0.15, -0.1) is 11.3 Å². The topological polar surface area (TPSA) is 62.7 Å². The lowest BCUT2D eigenvalue weighted by Gasteiger charge is -2.31. The highest BCUT2D eigenvalue weighted by Crippen LogP contribution is 2.17. The summed E-state index contributed by atoms with van der Waals surface area (Å²) < 4.78 is 5.60. The van der Waals surface area contributed by atoms with E-state index < -0.39 is 5.97 Å². The van der Waals surface area contributed by atoms with Gasteiger partial charge in [-0.05, 0) is 19.8 Å². The first-order valence-corrected chi connectivity index (χ1v) is 7.08. The second-order valence-electron chi connectivity index (χ2n) is 4.38. The molecule has 0 atom stereocenters. The van der Waals surface area contributed by atoms with Crippen LogP contribution in [-0.2, 0) is 11.3 Å². The van der Waals surface area contributed by atoms with E-state index in [0.29, 0.717) is 6.10 Å². The number of carboxylic acids is 1. The fourth-order valence-electron chi connectivity index (χ4n) is 2.18. The molecule has 2 heterocycles. The first-order valence-electron chi connectivity index (χ1n) is 6.20. The summed E-state index contributed by atoms with van der Waals surface area (Å²) in [6, 6.07) is 0. The van der Waals surface area contributed by atoms with Gasteiger partial charge in [-0.2, -0.15) is 0 Å². The van der Waals surface area contributed by atoms with E-state index in [1.54, 1.807) is 0 Å². The number of likely N-dealkylation sites (tertiary alicyclic amines) is 1. The largest absolute Gasteiger partial charge is 0.476 e. The highest BCUT2D eigenvalue weighted by Gasteiger charge is 2.20. The van der Waals surface area contributed by atoms with Gasteiger partial charge in [0, 0.05) is 31.6 Å². The molecule has 0 amide bonds. The molecule has 0 saturated carbocycles. The number of hydrogen-bond acceptors (Lipinski definition) is 5. The van der Waals surface area contributed by atoms with Crippen molar-refractivity contribution in [3.05, 3.63) is 16.1 Å². The van der Waals surface area contributed by atoms with E-state index >= 15 is 0 Å². The number of hydrogen-bond donors (Lipinski definition) is 1. The minimum absolute atomic E-state index is 0.175. The van der Waals surface area contributed by atoms with Crippen molar-refractivity contribution in [2.75, 3.05) is 19.7 Å². The van der Waals surface area contributed by atoms with E-state index in [4.69, 9.17) is 9.84 Å². The Morgan fingerprint density at radius 1 is 1.61 bits per heavy atom. The molecule has 2 rings (SSSR count). The van der Waals surface area contributed by atoms with Crippen molar-refractivity contribution in [3.63, 3.8) is 0 Å². The zero-order valence-corrected chi connectivity index (χ0v) is 11.3. The van der Waals surface area contributed by atoms with Crippen LogP contribution < -0.4 is 0 Å². The molecule has 100 valence electrons. The molecule has 1 aromatic heterocycles. The molecular formula is C12H18N2O3S. The summed E-state index contributed by atoms with van der Waals surface area (Å²) in [6.45, 7) is 5.52. The Morgan fingerprint density at radius 2 is 2.33 bits per heavy atom. The molecule has 0 aliphatic carbocycles. The van der Waals surface area contributed by atoms with Crippen LogP contribution in [0.3, 0.4) is 0 Å². The van der Waals surface area contributed by atoms with Gasteiger partial charge in [-0.25, -0.2) is 9.78 Å². The zero-order chi connectivity index (χ0) is 13.0. The maximum absolute atomic E-state index is 10.7. The molecule has 1 aromatic rings. The van der Waals surface area contributed by atoms with Crippen LogP contribution in [0.25, 0.3) is 0 Å². The Bertz CT molecular complexity index is 400. The molecule has 1 aliphatic rings. The molecule has 0 bridgehead atoms. The molecule has 1 saturated heterocycles. The van der Waals surface area contributed by atoms with Crippen LogP contribution in [-0.4, -0.2) is 46.8 Å². The maximum Gasteiger partial charge on any atom is 0.365 e. The number of rotatable bonds is 5. The van der Waals surface area contributed by atoms with Crippen molar-refractivity contribution in [1.82, 2.24) is 9.88 Å². The smallest absolute Gasteiger partial charge is 0.365 e. The molecule has 6 heteroatoms. The Labute approximate surface area is 110 Å². The van der Waals surface area contributed by atoms with E-state index in [2.05, 4.69) is 9.88 Å². The summed E-state index contributed by atoms with van der Waals surface area (Å²) in [5.74, 6) is -0.943. The van der Waals surface area contributed by atoms with Crippen molar-refractivity contribution in [2.24, 2.45) is 0 Å². The Kier molecular flexibility index (Phi) is 4.68. The molecule has 1 N–H and O–H groups in total. The van der Waals surface area contributed by atoms with Crippen LogP contribution in [0.15, 0.2) is 5.38 Å². The van der Waals surface area contributed by atoms with Crippen LogP contribution in [0.1, 0.15) is 35.3 Å². The van der Waals surface area contributed by atoms with Gasteiger partial charge in [0.25, 0.3) is 0 Å². The number of carboxylic acid groups (broad SMARTS) is 1. The molecule has 1 aliphatic heterocycles. The lowest BCUT2D eigenvalue weighted by atomic mass is 10.1. The second kappa shape index (κ2) is 6.26. The SMILES string of the molecule is CCOC1CCN(Cc2csc(C(=O)O)n2)CC1. The first-order chi connectivity index (χ1) is 8.69. The number of carbonyl (C=O) groups is 1. The van der Waals surface area contributed by atoms with E-state index in [1.807, 2.05) is 12.3 Å². The number of piperidine rings is 1. The minimum Gasteiger partial charge on any atom is -0.476 e. The van der Waals surface area contributed by atoms with Crippen LogP contribution in [0, 0.1) is 0 Å². The highest BCUT2D eigenvalue weighted by molar-refractivity contribution is 7.11. The summed E-state index contributed by atoms with van der Waals surface area (Å²) in [5, 5.41) is 10.8. The van der Waals surface area contributed by atoms with Crippen LogP contribution >= 0.6 is 11.3 Å². The van der Waals surface area contributed by atoms with Crippen molar-refractivity contribution < 1.29 is 14.6 Å². The van der Waals surface area contributed by atoms with E-state index in [-0.39, 0.29) is 5.01 Å². The second-order valence-corrected chi connectivity index (χ2v) is 5.24. The molecule has 0 spiro atoms. The average molecular weight is 270 g/mol. The van der Waals surface area contributed by atoms with Crippen molar-refractivity contribution in [3.8, 4) is 0 Å². The number of aromatic nitrogens is 1. The van der Waals surface area contributed by atoms with Gasteiger partial charge in [0.15, 0.2) is 0 Å². The normalized spacial score (nSPS) is 18.1. The molecular weight excluding hydrogens is 252 g/mol. The molecule has 0 aromatic carbocycles. The number of thiazole rings is 1. The van der Waals surface area contributed by atoms with Crippen LogP contribution in [0.4, 0.5) is 0 Å². The lowest BCUT2D eigenvalue weighted by Crippen LogP contribution is -2.36. The Balaban J connectivity index is 1.82. The summed E-state index contributed by atoms with van der Waals surface area (Å²) in [5.41, 5.74) is 0.854. The molecule has 18 heavy (non-hydrogen) atoms. The average Bonchev–Trinajstić information content (AvgIpc) is 2.81. The highest BCUT2D eigenvalue weighted by atomic mass is 32.1. The molecule has 1 fully saturated rings. The summed E-state index contributed by atoms with van der Waals surface area (Å²) in [4.78, 5) is 17.1. The number of nitrogens with zero attached hydrogens (tertiary/aromatic N) is 2. The third-order valence-electron chi connectivity index (χ3n) is 3.06. The van der Waals surface area contributed by atoms with E-state index in [1.165, 1.54) is 11.3 Å². The molecule has 0 radical (unpaired) electrons. The summed E-state index contributed by atoms with van der Waals surface area (Å²) in [7, 11) is 0. The quantitative estimate of drug-likeness (QED) is 0.884. The Morgan fingerprint density at radius 3 is 2.89 bits per heavy atom. The summed E-state index contributed by atoms with van der Waals surface area (Å²) in [6.07, 6.45) is 2.48. The zero-order valence-electron chi connectivity index (χ0n) is 10.5. The number of ether oxygens (including phenoxy) is 1. The lowest BCUT2D eigenvalue weighted by molar-refractivity contribution is 0.0123. The predicted molar refractivity (Wildman–Crippen MR) is 69.0 cm³/mol. The van der Waals surface area contributed by atoms with Gasteiger partial charge >= 0.3 is 5.97 Å². The van der Waals surface area contributed by atoms with Crippen molar-refractivity contribution >= 4 is 17.3 Å². The van der Waals surface area contributed by atoms with Crippen LogP contribution in [0.2, 0.25) is 0 Å². The molecule has 5 nitrogen and oxygen atoms in total. The van der Waals surface area contributed by atoms with Crippen molar-refractivity contribution in [2.45, 2.75) is 32.4 Å². The fraction of sp³-hybridized carbons (Fsp3) is 0.667. The van der Waals surface area contributed by atoms with Crippen molar-refractivity contribution in [1.29, 1.82) is 0 Å². The first kappa shape index (κ1) is 13.5. The van der Waals surface area contributed by atoms with E-state index in [0.717, 1.165) is 44.8 Å². The van der Waals surface area contributed by atoms with Gasteiger partial charge in [0.05, 0.1) is 11.8 Å². The predicted octanol–water partition coefficient (Wildman–Crippen LogP) is 1.84. The van der Waals surface area contributed by atoms with Gasteiger partial charge in [0.1, 0.15) is 0 Å². The van der Waals surface area contributed by atoms with Gasteiger partial charge in [0.2, 0.25) is 5.01 Å². The number of aromatic carboxylic acids is 1. The molecule has 0 unspecified atom stereocenters. The van der Waals surface area contributed by atoms with E-state index in [9.17, 15) is 4.79 Å². The third kappa shape index (κ3) is 3.51. The van der Waals surface area contributed by atoms with Crippen LogP contribution in [0.5, 0.6) is 0 Å². The third-order valence-corrected chi connectivity index (χ3v) is 3.94. The van der Waals surface area contributed by atoms with Gasteiger partial charge in [-0.1, -0.05) is 0 Å². The maximum atomic E-state index is 10.7. The van der Waals surface area contributed by atoms with Gasteiger partial charge in [-0.3, -0.25) is 4.90 Å². The van der Waals surface area contributed by atoms with Gasteiger partial charge < -0.3 is 9.84 Å². The minimum atomic E-state index is -0.943. The Hall–Kier alpha value is -0.980. The summed E-state index contributed by atoms with van der Waals surface area (Å²) >= 11 is 1.19.